The van der Waals surface area contributed by atoms with E-state index in [2.05, 4.69) is 9.50 Å². The molecule has 0 aliphatic heterocycles. The Hall–Kier alpha value is -1.15. The molecule has 2 fully saturated rings. The van der Waals surface area contributed by atoms with Gasteiger partial charge < -0.3 is 10.1 Å². The number of hydrogen-bond acceptors (Lipinski definition) is 5. The molecule has 8 heteroatoms. The van der Waals surface area contributed by atoms with Crippen molar-refractivity contribution in [3.05, 3.63) is 34.3 Å². The minimum Gasteiger partial charge on any atom is -0.374 e. The van der Waals surface area contributed by atoms with E-state index in [4.69, 9.17) is 16.3 Å². The Balaban J connectivity index is 0.00000320. The van der Waals surface area contributed by atoms with Gasteiger partial charge in [0.1, 0.15) is 0 Å². The van der Waals surface area contributed by atoms with E-state index in [1.165, 1.54) is 44.9 Å². The second-order valence-electron chi connectivity index (χ2n) is 8.43. The van der Waals surface area contributed by atoms with Crippen LogP contribution in [0.15, 0.2) is 18.2 Å². The number of rotatable bonds is 9. The van der Waals surface area contributed by atoms with Gasteiger partial charge in [0, 0.05) is 6.54 Å². The Morgan fingerprint density at radius 3 is 2.60 bits per heavy atom. The van der Waals surface area contributed by atoms with Crippen LogP contribution in [0.3, 0.4) is 0 Å². The molecule has 0 unspecified atom stereocenters. The largest absolute Gasteiger partial charge is 0.374 e. The zero-order valence-corrected chi connectivity index (χ0v) is 18.5. The van der Waals surface area contributed by atoms with Crippen molar-refractivity contribution in [2.24, 2.45) is 11.3 Å². The van der Waals surface area contributed by atoms with Gasteiger partial charge in [-0.05, 0) is 48.3 Å². The maximum atomic E-state index is 12.8. The van der Waals surface area contributed by atoms with Gasteiger partial charge in [-0.2, -0.15) is 8.42 Å². The average molecular weight is 460 g/mol. The van der Waals surface area contributed by atoms with Crippen LogP contribution in [0.2, 0.25) is 5.02 Å². The fraction of sp³-hybridized carbons (Fsp3) is 0.682. The van der Waals surface area contributed by atoms with Gasteiger partial charge in [-0.1, -0.05) is 50.8 Å². The standard InChI is InChI=1S/C21H30ClNO5S.CH4/c1-29(25,26)28-11-10-27-14-17-6-7-19(22)18(12-17)20(24)23-15-21-8-2-4-16(13-21)5-3-9-21;/h6-7,12,16H,2-5,8-11,13-15H2,1H3,(H,23,24);1H4. The molecule has 2 aliphatic carbocycles. The lowest BCUT2D eigenvalue weighted by Crippen LogP contribution is -2.43. The molecule has 0 aromatic heterocycles. The second-order valence-corrected chi connectivity index (χ2v) is 10.5. The zero-order chi connectivity index (χ0) is 20.9. The van der Waals surface area contributed by atoms with Crippen LogP contribution in [-0.2, 0) is 25.6 Å². The summed E-state index contributed by atoms with van der Waals surface area (Å²) in [5, 5.41) is 3.54. The minimum atomic E-state index is -3.47. The third kappa shape index (κ3) is 7.22. The summed E-state index contributed by atoms with van der Waals surface area (Å²) in [5.41, 5.74) is 1.50. The molecule has 0 atom stereocenters. The van der Waals surface area contributed by atoms with Crippen LogP contribution in [0, 0.1) is 11.3 Å². The highest BCUT2D eigenvalue weighted by Crippen LogP contribution is 2.48. The number of nitrogens with one attached hydrogen (secondary N) is 1. The molecule has 0 spiro atoms. The van der Waals surface area contributed by atoms with Crippen LogP contribution < -0.4 is 5.32 Å². The number of amides is 1. The fourth-order valence-electron chi connectivity index (χ4n) is 4.70. The number of hydrogen-bond donors (Lipinski definition) is 1. The Labute approximate surface area is 185 Å². The predicted molar refractivity (Wildman–Crippen MR) is 119 cm³/mol. The lowest BCUT2D eigenvalue weighted by Gasteiger charge is -2.45. The summed E-state index contributed by atoms with van der Waals surface area (Å²) in [5.74, 6) is 0.671. The Bertz CT molecular complexity index is 817. The summed E-state index contributed by atoms with van der Waals surface area (Å²) in [6.07, 6.45) is 9.80. The number of halogens is 1. The van der Waals surface area contributed by atoms with Crippen molar-refractivity contribution < 1.29 is 22.1 Å². The molecular weight excluding hydrogens is 426 g/mol. The summed E-state index contributed by atoms with van der Waals surface area (Å²) in [6, 6.07) is 5.22. The summed E-state index contributed by atoms with van der Waals surface area (Å²) in [7, 11) is -3.47. The first-order valence-electron chi connectivity index (χ1n) is 10.3. The number of carbonyl (C=O) groups is 1. The highest BCUT2D eigenvalue weighted by Gasteiger charge is 2.39. The third-order valence-corrected chi connectivity index (χ3v) is 6.98. The molecule has 170 valence electrons. The van der Waals surface area contributed by atoms with Crippen molar-refractivity contribution in [3.63, 3.8) is 0 Å². The van der Waals surface area contributed by atoms with Crippen molar-refractivity contribution >= 4 is 27.6 Å². The van der Waals surface area contributed by atoms with Crippen LogP contribution in [0.1, 0.15) is 68.3 Å². The van der Waals surface area contributed by atoms with Gasteiger partial charge in [-0.3, -0.25) is 8.98 Å². The third-order valence-electron chi connectivity index (χ3n) is 6.05. The van der Waals surface area contributed by atoms with Crippen LogP contribution in [-0.4, -0.2) is 40.3 Å². The molecule has 3 rings (SSSR count). The number of ether oxygens (including phenoxy) is 1. The maximum Gasteiger partial charge on any atom is 0.264 e. The van der Waals surface area contributed by atoms with Crippen LogP contribution >= 0.6 is 11.6 Å². The quantitative estimate of drug-likeness (QED) is 0.432. The molecule has 0 radical (unpaired) electrons. The molecular formula is C22H34ClNO5S. The van der Waals surface area contributed by atoms with E-state index in [-0.39, 0.29) is 38.6 Å². The van der Waals surface area contributed by atoms with Gasteiger partial charge in [-0.15, -0.1) is 0 Å². The number of benzene rings is 1. The molecule has 2 aliphatic rings. The smallest absolute Gasteiger partial charge is 0.264 e. The molecule has 6 nitrogen and oxygen atoms in total. The Morgan fingerprint density at radius 1 is 1.23 bits per heavy atom. The number of fused-ring (bicyclic) bond motifs is 2. The highest BCUT2D eigenvalue weighted by atomic mass is 35.5. The van der Waals surface area contributed by atoms with Crippen molar-refractivity contribution in [1.29, 1.82) is 0 Å². The molecule has 1 amide bonds. The molecule has 0 saturated heterocycles. The normalized spacial score (nSPS) is 23.5. The van der Waals surface area contributed by atoms with Gasteiger partial charge in [0.2, 0.25) is 0 Å². The van der Waals surface area contributed by atoms with Gasteiger partial charge >= 0.3 is 0 Å². The average Bonchev–Trinajstić information content (AvgIpc) is 2.66. The molecule has 30 heavy (non-hydrogen) atoms. The van der Waals surface area contributed by atoms with E-state index in [1.54, 1.807) is 18.2 Å². The first-order chi connectivity index (χ1) is 13.8. The SMILES string of the molecule is C.CS(=O)(=O)OCCOCc1ccc(Cl)c(C(=O)NCC23CCCC(CCC2)C3)c1. The molecule has 2 saturated carbocycles. The zero-order valence-electron chi connectivity index (χ0n) is 16.9. The van der Waals surface area contributed by atoms with Crippen LogP contribution in [0.25, 0.3) is 0 Å². The van der Waals surface area contributed by atoms with E-state index < -0.39 is 10.1 Å². The van der Waals surface area contributed by atoms with Gasteiger partial charge in [0.05, 0.1) is 36.7 Å². The molecule has 1 N–H and O–H groups in total. The van der Waals surface area contributed by atoms with Crippen molar-refractivity contribution in [2.75, 3.05) is 26.0 Å². The fourth-order valence-corrected chi connectivity index (χ4v) is 5.28. The molecule has 0 heterocycles. The van der Waals surface area contributed by atoms with Crippen LogP contribution in [0.4, 0.5) is 0 Å². The first-order valence-corrected chi connectivity index (χ1v) is 12.4. The predicted octanol–water partition coefficient (Wildman–Crippen LogP) is 4.56. The van der Waals surface area contributed by atoms with E-state index in [1.807, 2.05) is 0 Å². The lowest BCUT2D eigenvalue weighted by molar-refractivity contribution is 0.0681. The summed E-state index contributed by atoms with van der Waals surface area (Å²) < 4.78 is 31.9. The molecule has 2 bridgehead atoms. The number of carbonyl (C=O) groups excluding carboxylic acids is 1. The Morgan fingerprint density at radius 2 is 1.93 bits per heavy atom. The van der Waals surface area contributed by atoms with Gasteiger partial charge in [0.15, 0.2) is 0 Å². The van der Waals surface area contributed by atoms with Crippen molar-refractivity contribution in [3.8, 4) is 0 Å². The maximum absolute atomic E-state index is 12.8. The van der Waals surface area contributed by atoms with Crippen molar-refractivity contribution in [1.82, 2.24) is 5.32 Å². The second kappa shape index (κ2) is 10.9. The van der Waals surface area contributed by atoms with Gasteiger partial charge in [-0.25, -0.2) is 0 Å². The molecule has 1 aromatic carbocycles. The van der Waals surface area contributed by atoms with E-state index >= 15 is 0 Å². The Kier molecular flexibility index (Phi) is 9.15. The van der Waals surface area contributed by atoms with Crippen molar-refractivity contribution in [2.45, 2.75) is 59.0 Å². The molecule has 1 aromatic rings. The minimum absolute atomic E-state index is 0. The summed E-state index contributed by atoms with van der Waals surface area (Å²) in [4.78, 5) is 12.8. The topological polar surface area (TPSA) is 81.7 Å². The summed E-state index contributed by atoms with van der Waals surface area (Å²) >= 11 is 6.26. The first kappa shape index (κ1) is 25.1. The van der Waals surface area contributed by atoms with Gasteiger partial charge in [0.25, 0.3) is 16.0 Å². The summed E-state index contributed by atoms with van der Waals surface area (Å²) in [6.45, 7) is 1.06. The van der Waals surface area contributed by atoms with E-state index in [0.29, 0.717) is 17.1 Å². The van der Waals surface area contributed by atoms with Crippen LogP contribution in [0.5, 0.6) is 0 Å². The van der Waals surface area contributed by atoms with E-state index in [9.17, 15) is 13.2 Å². The monoisotopic (exact) mass is 459 g/mol. The lowest BCUT2D eigenvalue weighted by atomic mass is 9.62. The van der Waals surface area contributed by atoms with E-state index in [0.717, 1.165) is 17.7 Å². The highest BCUT2D eigenvalue weighted by molar-refractivity contribution is 7.85.